The fraction of sp³-hybridized carbons (Fsp3) is 0.133. The molecular formula is C15H12N2O4S. The summed E-state index contributed by atoms with van der Waals surface area (Å²) in [5.41, 5.74) is 0.751. The van der Waals surface area contributed by atoms with E-state index in [2.05, 4.69) is 11.1 Å². The second-order valence-corrected chi connectivity index (χ2v) is 5.89. The van der Waals surface area contributed by atoms with Gasteiger partial charge in [-0.2, -0.15) is 0 Å². The van der Waals surface area contributed by atoms with Crippen molar-refractivity contribution in [2.45, 2.75) is 13.5 Å². The molecule has 0 amide bonds. The zero-order valence-electron chi connectivity index (χ0n) is 11.6. The largest absolute Gasteiger partial charge is 0.488 e. The molecular weight excluding hydrogens is 304 g/mol. The van der Waals surface area contributed by atoms with Crippen molar-refractivity contribution in [3.05, 3.63) is 63.0 Å². The number of benzene rings is 1. The van der Waals surface area contributed by atoms with Crippen molar-refractivity contribution in [2.24, 2.45) is 0 Å². The lowest BCUT2D eigenvalue weighted by atomic mass is 10.1. The summed E-state index contributed by atoms with van der Waals surface area (Å²) in [6.45, 7) is 2.63. The van der Waals surface area contributed by atoms with E-state index in [0.29, 0.717) is 4.96 Å². The van der Waals surface area contributed by atoms with Crippen molar-refractivity contribution in [3.63, 3.8) is 0 Å². The Labute approximate surface area is 129 Å². The number of rotatable bonds is 1. The molecule has 0 fully saturated rings. The quantitative estimate of drug-likeness (QED) is 0.745. The minimum absolute atomic E-state index is 0.211. The Morgan fingerprint density at radius 2 is 2.18 bits per heavy atom. The van der Waals surface area contributed by atoms with Crippen LogP contribution in [0, 0.1) is 6.92 Å². The summed E-state index contributed by atoms with van der Waals surface area (Å²) < 4.78 is 6.42. The zero-order valence-corrected chi connectivity index (χ0v) is 12.5. The van der Waals surface area contributed by atoms with Crippen LogP contribution in [0.5, 0.6) is 5.75 Å². The molecule has 112 valence electrons. The van der Waals surface area contributed by atoms with Crippen LogP contribution in [0.15, 0.2) is 41.3 Å². The Hall–Kier alpha value is -2.67. The smallest absolute Gasteiger partial charge is 0.354 e. The van der Waals surface area contributed by atoms with Gasteiger partial charge in [0.25, 0.3) is 5.56 Å². The molecule has 4 rings (SSSR count). The van der Waals surface area contributed by atoms with Gasteiger partial charge in [-0.3, -0.25) is 9.20 Å². The van der Waals surface area contributed by atoms with Crippen LogP contribution in [0.2, 0.25) is 0 Å². The number of nitrogens with zero attached hydrogens (tertiary/aromatic N) is 2. The van der Waals surface area contributed by atoms with Gasteiger partial charge < -0.3 is 9.84 Å². The Bertz CT molecular complexity index is 890. The number of ether oxygens (including phenoxy) is 1. The van der Waals surface area contributed by atoms with E-state index in [0.717, 1.165) is 23.3 Å². The number of para-hydroxylation sites is 1. The third-order valence-corrected chi connectivity index (χ3v) is 3.96. The standard InChI is InChI=1S/C8H6N2O3S.C7H6O/c1-4-3-10-6(11)2-5(7(12)13)9-8(10)14-4;1-2-4-7-6(3-1)5-8-7/h2-3H,1H3,(H,12,13);1-4H,5H2. The van der Waals surface area contributed by atoms with Crippen molar-refractivity contribution in [2.75, 3.05) is 0 Å². The molecule has 0 radical (unpaired) electrons. The first-order valence-electron chi connectivity index (χ1n) is 6.48. The molecule has 3 heterocycles. The van der Waals surface area contributed by atoms with E-state index in [1.807, 2.05) is 25.1 Å². The lowest BCUT2D eigenvalue weighted by molar-refractivity contribution is 0.0690. The van der Waals surface area contributed by atoms with Crippen molar-refractivity contribution in [1.82, 2.24) is 9.38 Å². The van der Waals surface area contributed by atoms with Gasteiger partial charge in [0, 0.05) is 22.7 Å². The summed E-state index contributed by atoms with van der Waals surface area (Å²) in [7, 11) is 0. The number of carboxylic acids is 1. The van der Waals surface area contributed by atoms with Crippen LogP contribution >= 0.6 is 11.3 Å². The van der Waals surface area contributed by atoms with E-state index in [4.69, 9.17) is 9.84 Å². The summed E-state index contributed by atoms with van der Waals surface area (Å²) in [4.78, 5) is 27.1. The summed E-state index contributed by atoms with van der Waals surface area (Å²) in [5, 5.41) is 8.67. The summed E-state index contributed by atoms with van der Waals surface area (Å²) in [5.74, 6) is -0.136. The van der Waals surface area contributed by atoms with Gasteiger partial charge in [-0.15, -0.1) is 11.3 Å². The van der Waals surface area contributed by atoms with E-state index < -0.39 is 5.97 Å². The predicted octanol–water partition coefficient (Wildman–Crippen LogP) is 2.34. The average Bonchev–Trinajstić information content (AvgIpc) is 2.82. The summed E-state index contributed by atoms with van der Waals surface area (Å²) in [6.07, 6.45) is 1.64. The molecule has 7 heteroatoms. The van der Waals surface area contributed by atoms with Gasteiger partial charge in [-0.25, -0.2) is 9.78 Å². The first-order chi connectivity index (χ1) is 10.5. The van der Waals surface area contributed by atoms with Crippen LogP contribution in [-0.2, 0) is 6.61 Å². The van der Waals surface area contributed by atoms with E-state index in [1.165, 1.54) is 21.3 Å². The van der Waals surface area contributed by atoms with Gasteiger partial charge in [0.05, 0.1) is 0 Å². The lowest BCUT2D eigenvalue weighted by Crippen LogP contribution is -2.15. The molecule has 0 saturated heterocycles. The predicted molar refractivity (Wildman–Crippen MR) is 81.8 cm³/mol. The van der Waals surface area contributed by atoms with Gasteiger partial charge in [0.2, 0.25) is 0 Å². The maximum Gasteiger partial charge on any atom is 0.354 e. The SMILES string of the molecule is Cc1cn2c(=O)cc(C(=O)O)nc2s1.c1ccc2c(c1)CO2. The lowest BCUT2D eigenvalue weighted by Gasteiger charge is -2.18. The van der Waals surface area contributed by atoms with Gasteiger partial charge >= 0.3 is 5.97 Å². The fourth-order valence-corrected chi connectivity index (χ4v) is 2.79. The zero-order chi connectivity index (χ0) is 15.7. The molecule has 2 aromatic heterocycles. The molecule has 0 bridgehead atoms. The highest BCUT2D eigenvalue weighted by Crippen LogP contribution is 2.27. The topological polar surface area (TPSA) is 80.9 Å². The monoisotopic (exact) mass is 316 g/mol. The normalized spacial score (nSPS) is 11.7. The summed E-state index contributed by atoms with van der Waals surface area (Å²) in [6, 6.07) is 9.10. The molecule has 1 aliphatic heterocycles. The highest BCUT2D eigenvalue weighted by atomic mass is 32.1. The van der Waals surface area contributed by atoms with E-state index in [1.54, 1.807) is 6.20 Å². The van der Waals surface area contributed by atoms with Gasteiger partial charge in [0.15, 0.2) is 10.7 Å². The number of thiazole rings is 1. The summed E-state index contributed by atoms with van der Waals surface area (Å²) >= 11 is 1.29. The fourth-order valence-electron chi connectivity index (χ4n) is 1.96. The van der Waals surface area contributed by atoms with Crippen LogP contribution in [0.4, 0.5) is 0 Å². The Kier molecular flexibility index (Phi) is 3.64. The number of aromatic carboxylic acids is 1. The van der Waals surface area contributed by atoms with Crippen molar-refractivity contribution >= 4 is 22.3 Å². The van der Waals surface area contributed by atoms with Gasteiger partial charge in [-0.1, -0.05) is 18.2 Å². The Balaban J connectivity index is 0.000000151. The molecule has 1 aromatic carbocycles. The van der Waals surface area contributed by atoms with Crippen molar-refractivity contribution in [1.29, 1.82) is 0 Å². The number of carboxylic acid groups (broad SMARTS) is 1. The number of aromatic nitrogens is 2. The maximum absolute atomic E-state index is 11.4. The van der Waals surface area contributed by atoms with E-state index in [-0.39, 0.29) is 11.3 Å². The third kappa shape index (κ3) is 2.71. The molecule has 22 heavy (non-hydrogen) atoms. The van der Waals surface area contributed by atoms with Gasteiger partial charge in [-0.05, 0) is 13.0 Å². The molecule has 0 atom stereocenters. The van der Waals surface area contributed by atoms with E-state index in [9.17, 15) is 9.59 Å². The minimum Gasteiger partial charge on any atom is -0.488 e. The molecule has 0 spiro atoms. The molecule has 3 aromatic rings. The second-order valence-electron chi connectivity index (χ2n) is 4.68. The number of fused-ring (bicyclic) bond motifs is 2. The highest BCUT2D eigenvalue weighted by Gasteiger charge is 2.11. The van der Waals surface area contributed by atoms with Crippen LogP contribution in [0.1, 0.15) is 20.9 Å². The van der Waals surface area contributed by atoms with E-state index >= 15 is 0 Å². The number of carbonyl (C=O) groups is 1. The second kappa shape index (κ2) is 5.61. The number of hydrogen-bond donors (Lipinski definition) is 1. The number of hydrogen-bond acceptors (Lipinski definition) is 5. The van der Waals surface area contributed by atoms with Crippen LogP contribution < -0.4 is 10.3 Å². The molecule has 1 N–H and O–H groups in total. The van der Waals surface area contributed by atoms with Crippen molar-refractivity contribution in [3.8, 4) is 5.75 Å². The minimum atomic E-state index is -1.18. The van der Waals surface area contributed by atoms with Crippen LogP contribution in [-0.4, -0.2) is 20.5 Å². The maximum atomic E-state index is 11.4. The van der Waals surface area contributed by atoms with Crippen LogP contribution in [0.25, 0.3) is 4.96 Å². The Morgan fingerprint density at radius 1 is 1.41 bits per heavy atom. The highest BCUT2D eigenvalue weighted by molar-refractivity contribution is 7.16. The Morgan fingerprint density at radius 3 is 2.73 bits per heavy atom. The molecule has 0 unspecified atom stereocenters. The third-order valence-electron chi connectivity index (χ3n) is 3.06. The van der Waals surface area contributed by atoms with Crippen LogP contribution in [0.3, 0.4) is 0 Å². The molecule has 0 aliphatic carbocycles. The molecule has 1 aliphatic rings. The molecule has 6 nitrogen and oxygen atoms in total. The first kappa shape index (κ1) is 14.3. The van der Waals surface area contributed by atoms with Crippen molar-refractivity contribution < 1.29 is 14.6 Å². The average molecular weight is 316 g/mol. The number of aryl methyl sites for hydroxylation is 1. The van der Waals surface area contributed by atoms with Gasteiger partial charge in [0.1, 0.15) is 12.4 Å². The first-order valence-corrected chi connectivity index (χ1v) is 7.30. The molecule has 0 saturated carbocycles.